The van der Waals surface area contributed by atoms with Crippen LogP contribution in [0.25, 0.3) is 0 Å². The Hall–Kier alpha value is -2.04. The van der Waals surface area contributed by atoms with Crippen molar-refractivity contribution in [2.75, 3.05) is 13.1 Å². The van der Waals surface area contributed by atoms with Gasteiger partial charge in [0.2, 0.25) is 0 Å². The van der Waals surface area contributed by atoms with Gasteiger partial charge in [0.15, 0.2) is 0 Å². The van der Waals surface area contributed by atoms with Gasteiger partial charge >= 0.3 is 12.1 Å². The second kappa shape index (κ2) is 6.22. The number of rotatable bonds is 2. The molecular weight excluding hydrogens is 294 g/mol. The van der Waals surface area contributed by atoms with Crippen LogP contribution in [-0.2, 0) is 14.9 Å². The summed E-state index contributed by atoms with van der Waals surface area (Å²) in [6, 6.07) is 7.62. The lowest BCUT2D eigenvalue weighted by atomic mass is 9.72. The van der Waals surface area contributed by atoms with Crippen LogP contribution in [0.15, 0.2) is 24.3 Å². The minimum atomic E-state index is -0.924. The highest BCUT2D eigenvalue weighted by molar-refractivity contribution is 5.82. The average molecular weight is 319 g/mol. The molecular formula is C18H25NO4. The van der Waals surface area contributed by atoms with Gasteiger partial charge in [0.1, 0.15) is 5.60 Å². The number of benzene rings is 1. The molecule has 0 saturated carbocycles. The molecule has 0 spiro atoms. The first kappa shape index (κ1) is 17.3. The second-order valence-corrected chi connectivity index (χ2v) is 7.22. The first-order valence-corrected chi connectivity index (χ1v) is 7.92. The first-order chi connectivity index (χ1) is 10.6. The largest absolute Gasteiger partial charge is 0.481 e. The van der Waals surface area contributed by atoms with E-state index in [1.807, 2.05) is 52.0 Å². The van der Waals surface area contributed by atoms with Crippen molar-refractivity contribution >= 4 is 12.1 Å². The Labute approximate surface area is 137 Å². The molecule has 2 rings (SSSR count). The van der Waals surface area contributed by atoms with Gasteiger partial charge in [0.05, 0.1) is 5.41 Å². The summed E-state index contributed by atoms with van der Waals surface area (Å²) < 4.78 is 5.37. The van der Waals surface area contributed by atoms with Gasteiger partial charge in [-0.2, -0.15) is 0 Å². The van der Waals surface area contributed by atoms with E-state index in [-0.39, 0.29) is 6.09 Å². The fourth-order valence-electron chi connectivity index (χ4n) is 2.90. The van der Waals surface area contributed by atoms with Gasteiger partial charge < -0.3 is 14.7 Å². The molecule has 0 aliphatic carbocycles. The van der Waals surface area contributed by atoms with Crippen LogP contribution in [-0.4, -0.2) is 40.8 Å². The number of aryl methyl sites for hydroxylation is 1. The van der Waals surface area contributed by atoms with Crippen molar-refractivity contribution in [2.45, 2.75) is 51.6 Å². The summed E-state index contributed by atoms with van der Waals surface area (Å²) >= 11 is 0. The molecule has 1 fully saturated rings. The molecule has 0 radical (unpaired) electrons. The molecule has 1 saturated heterocycles. The lowest BCUT2D eigenvalue weighted by Crippen LogP contribution is -2.50. The SMILES string of the molecule is Cc1ccc(C2(C(=O)O)CCN(C(=O)OC(C)(C)C)CC2)cc1. The number of piperidine rings is 1. The normalized spacial score (nSPS) is 17.7. The Morgan fingerprint density at radius 3 is 2.09 bits per heavy atom. The number of carboxylic acids is 1. The predicted octanol–water partition coefficient (Wildman–Crippen LogP) is 3.35. The maximum Gasteiger partial charge on any atom is 0.410 e. The number of nitrogens with zero attached hydrogens (tertiary/aromatic N) is 1. The topological polar surface area (TPSA) is 66.8 Å². The van der Waals surface area contributed by atoms with Crippen LogP contribution >= 0.6 is 0 Å². The lowest BCUT2D eigenvalue weighted by Gasteiger charge is -2.39. The summed E-state index contributed by atoms with van der Waals surface area (Å²) in [4.78, 5) is 25.7. The molecule has 1 heterocycles. The van der Waals surface area contributed by atoms with Gasteiger partial charge in [-0.15, -0.1) is 0 Å². The van der Waals surface area contributed by atoms with Crippen LogP contribution in [0.1, 0.15) is 44.7 Å². The standard InChI is InChI=1S/C18H25NO4/c1-13-5-7-14(8-6-13)18(15(20)21)9-11-19(12-10-18)16(22)23-17(2,3)4/h5-8H,9-12H2,1-4H3,(H,20,21). The Balaban J connectivity index is 2.14. The maximum atomic E-state index is 12.1. The number of ether oxygens (including phenoxy) is 1. The van der Waals surface area contributed by atoms with Crippen LogP contribution in [0.3, 0.4) is 0 Å². The highest BCUT2D eigenvalue weighted by atomic mass is 16.6. The Kier molecular flexibility index (Phi) is 4.68. The minimum Gasteiger partial charge on any atom is -0.481 e. The highest BCUT2D eigenvalue weighted by Crippen LogP contribution is 2.36. The van der Waals surface area contributed by atoms with Crippen LogP contribution in [0.5, 0.6) is 0 Å². The third-order valence-electron chi connectivity index (χ3n) is 4.28. The number of aliphatic carboxylic acids is 1. The fourth-order valence-corrected chi connectivity index (χ4v) is 2.90. The lowest BCUT2D eigenvalue weighted by molar-refractivity contribution is -0.146. The first-order valence-electron chi connectivity index (χ1n) is 7.92. The van der Waals surface area contributed by atoms with Gasteiger partial charge in [-0.05, 0) is 46.1 Å². The van der Waals surface area contributed by atoms with Crippen molar-refractivity contribution < 1.29 is 19.4 Å². The zero-order valence-electron chi connectivity index (χ0n) is 14.3. The molecule has 126 valence electrons. The Morgan fingerprint density at radius 2 is 1.65 bits per heavy atom. The second-order valence-electron chi connectivity index (χ2n) is 7.22. The van der Waals surface area contributed by atoms with E-state index < -0.39 is 17.0 Å². The number of hydrogen-bond donors (Lipinski definition) is 1. The number of carboxylic acid groups (broad SMARTS) is 1. The summed E-state index contributed by atoms with van der Waals surface area (Å²) in [5.41, 5.74) is 0.432. The fraction of sp³-hybridized carbons (Fsp3) is 0.556. The maximum absolute atomic E-state index is 12.1. The van der Waals surface area contributed by atoms with E-state index in [0.29, 0.717) is 25.9 Å². The molecule has 1 N–H and O–H groups in total. The monoisotopic (exact) mass is 319 g/mol. The Morgan fingerprint density at radius 1 is 1.13 bits per heavy atom. The van der Waals surface area contributed by atoms with Crippen molar-refractivity contribution in [1.29, 1.82) is 0 Å². The van der Waals surface area contributed by atoms with E-state index >= 15 is 0 Å². The van der Waals surface area contributed by atoms with Crippen molar-refractivity contribution in [3.8, 4) is 0 Å². The molecule has 1 aliphatic heterocycles. The summed E-state index contributed by atoms with van der Waals surface area (Å²) in [6.07, 6.45) is 0.412. The van der Waals surface area contributed by atoms with E-state index in [1.165, 1.54) is 0 Å². The van der Waals surface area contributed by atoms with Crippen LogP contribution < -0.4 is 0 Å². The number of carbonyl (C=O) groups is 2. The van der Waals surface area contributed by atoms with Gasteiger partial charge in [-0.25, -0.2) is 4.79 Å². The molecule has 1 amide bonds. The molecule has 0 atom stereocenters. The molecule has 0 unspecified atom stereocenters. The number of carbonyl (C=O) groups excluding carboxylic acids is 1. The van der Waals surface area contributed by atoms with Gasteiger partial charge in [0.25, 0.3) is 0 Å². The molecule has 23 heavy (non-hydrogen) atoms. The zero-order chi connectivity index (χ0) is 17.3. The van der Waals surface area contributed by atoms with Crippen molar-refractivity contribution in [3.05, 3.63) is 35.4 Å². The predicted molar refractivity (Wildman–Crippen MR) is 87.5 cm³/mol. The molecule has 0 aromatic heterocycles. The summed E-state index contributed by atoms with van der Waals surface area (Å²) in [5, 5.41) is 9.79. The smallest absolute Gasteiger partial charge is 0.410 e. The molecule has 0 bridgehead atoms. The van der Waals surface area contributed by atoms with Gasteiger partial charge in [-0.3, -0.25) is 4.79 Å². The zero-order valence-corrected chi connectivity index (χ0v) is 14.3. The quantitative estimate of drug-likeness (QED) is 0.908. The van der Waals surface area contributed by atoms with E-state index in [9.17, 15) is 14.7 Å². The number of likely N-dealkylation sites (tertiary alicyclic amines) is 1. The van der Waals surface area contributed by atoms with Crippen molar-refractivity contribution in [2.24, 2.45) is 0 Å². The highest BCUT2D eigenvalue weighted by Gasteiger charge is 2.44. The van der Waals surface area contributed by atoms with E-state index in [1.54, 1.807) is 4.90 Å². The van der Waals surface area contributed by atoms with E-state index in [4.69, 9.17) is 4.74 Å². The summed E-state index contributed by atoms with van der Waals surface area (Å²) in [5.74, 6) is -0.829. The molecule has 5 nitrogen and oxygen atoms in total. The Bertz CT molecular complexity index is 578. The summed E-state index contributed by atoms with van der Waals surface area (Å²) in [6.45, 7) is 8.21. The van der Waals surface area contributed by atoms with Crippen LogP contribution in [0.4, 0.5) is 4.79 Å². The number of amides is 1. The van der Waals surface area contributed by atoms with Crippen molar-refractivity contribution in [1.82, 2.24) is 4.90 Å². The summed E-state index contributed by atoms with van der Waals surface area (Å²) in [7, 11) is 0. The molecule has 1 aliphatic rings. The third kappa shape index (κ3) is 3.84. The molecule has 1 aromatic rings. The molecule has 5 heteroatoms. The average Bonchev–Trinajstić information content (AvgIpc) is 2.46. The van der Waals surface area contributed by atoms with Gasteiger partial charge in [-0.1, -0.05) is 29.8 Å². The van der Waals surface area contributed by atoms with E-state index in [0.717, 1.165) is 11.1 Å². The number of hydrogen-bond acceptors (Lipinski definition) is 3. The van der Waals surface area contributed by atoms with Gasteiger partial charge in [0, 0.05) is 13.1 Å². The van der Waals surface area contributed by atoms with E-state index in [2.05, 4.69) is 0 Å². The third-order valence-corrected chi connectivity index (χ3v) is 4.28. The molecule has 1 aromatic carbocycles. The van der Waals surface area contributed by atoms with Crippen LogP contribution in [0.2, 0.25) is 0 Å². The van der Waals surface area contributed by atoms with Crippen molar-refractivity contribution in [3.63, 3.8) is 0 Å². The minimum absolute atomic E-state index is 0.375. The van der Waals surface area contributed by atoms with Crippen LogP contribution in [0, 0.1) is 6.92 Å².